The lowest BCUT2D eigenvalue weighted by atomic mass is 10.0. The Labute approximate surface area is 155 Å². The Morgan fingerprint density at radius 1 is 0.923 bits per heavy atom. The zero-order valence-corrected chi connectivity index (χ0v) is 15.4. The highest BCUT2D eigenvalue weighted by molar-refractivity contribution is 5.91. The minimum Gasteiger partial charge on any atom is -0.376 e. The van der Waals surface area contributed by atoms with Gasteiger partial charge in [0.15, 0.2) is 0 Å². The fraction of sp³-hybridized carbons (Fsp3) is 0.333. The number of nitrogens with one attached hydrogen (secondary N) is 3. The Bertz CT molecular complexity index is 716. The van der Waals surface area contributed by atoms with Crippen LogP contribution in [-0.2, 0) is 9.59 Å². The Kier molecular flexibility index (Phi) is 7.68. The molecule has 138 valence electrons. The second-order valence-electron chi connectivity index (χ2n) is 6.17. The third-order valence-corrected chi connectivity index (χ3v) is 4.02. The Balaban J connectivity index is 1.87. The minimum absolute atomic E-state index is 0.00367. The van der Waals surface area contributed by atoms with Crippen LogP contribution in [0.2, 0.25) is 0 Å². The maximum absolute atomic E-state index is 12.3. The lowest BCUT2D eigenvalue weighted by Crippen LogP contribution is -2.33. The van der Waals surface area contributed by atoms with Gasteiger partial charge in [-0.3, -0.25) is 9.59 Å². The Morgan fingerprint density at radius 3 is 2.35 bits per heavy atom. The lowest BCUT2D eigenvalue weighted by Gasteiger charge is -2.18. The number of anilines is 2. The number of carbonyl (C=O) groups excluding carboxylic acids is 2. The SMILES string of the molecule is CCCC(=O)Nc1cccc(NCC(=O)NC(CC)c2ccccc2)c1. The van der Waals surface area contributed by atoms with Crippen LogP contribution in [0.3, 0.4) is 0 Å². The van der Waals surface area contributed by atoms with Crippen molar-refractivity contribution in [2.45, 2.75) is 39.2 Å². The zero-order chi connectivity index (χ0) is 18.8. The first-order chi connectivity index (χ1) is 12.6. The van der Waals surface area contributed by atoms with Crippen molar-refractivity contribution in [2.75, 3.05) is 17.2 Å². The molecule has 0 saturated heterocycles. The molecule has 0 aliphatic rings. The third kappa shape index (κ3) is 6.24. The van der Waals surface area contributed by atoms with Crippen molar-refractivity contribution >= 4 is 23.2 Å². The van der Waals surface area contributed by atoms with Gasteiger partial charge in [-0.05, 0) is 36.6 Å². The van der Waals surface area contributed by atoms with Gasteiger partial charge >= 0.3 is 0 Å². The summed E-state index contributed by atoms with van der Waals surface area (Å²) in [6.45, 7) is 4.19. The highest BCUT2D eigenvalue weighted by Gasteiger charge is 2.12. The quantitative estimate of drug-likeness (QED) is 0.635. The summed E-state index contributed by atoms with van der Waals surface area (Å²) >= 11 is 0. The van der Waals surface area contributed by atoms with Crippen LogP contribution in [0, 0.1) is 0 Å². The monoisotopic (exact) mass is 353 g/mol. The number of benzene rings is 2. The summed E-state index contributed by atoms with van der Waals surface area (Å²) in [5.41, 5.74) is 2.62. The number of amides is 2. The smallest absolute Gasteiger partial charge is 0.239 e. The summed E-state index contributed by atoms with van der Waals surface area (Å²) < 4.78 is 0. The Hall–Kier alpha value is -2.82. The maximum atomic E-state index is 12.3. The first kappa shape index (κ1) is 19.5. The standard InChI is InChI=1S/C21H27N3O2/c1-3-9-20(25)23-18-13-8-12-17(14-18)22-15-21(26)24-19(4-2)16-10-6-5-7-11-16/h5-8,10-14,19,22H,3-4,9,15H2,1-2H3,(H,23,25)(H,24,26). The number of carbonyl (C=O) groups is 2. The average molecular weight is 353 g/mol. The molecule has 1 atom stereocenters. The van der Waals surface area contributed by atoms with Gasteiger partial charge in [0.25, 0.3) is 0 Å². The summed E-state index contributed by atoms with van der Waals surface area (Å²) in [5.74, 6) is -0.0721. The molecule has 0 fully saturated rings. The fourth-order valence-electron chi connectivity index (χ4n) is 2.69. The summed E-state index contributed by atoms with van der Waals surface area (Å²) in [6, 6.07) is 17.3. The molecule has 0 saturated carbocycles. The maximum Gasteiger partial charge on any atom is 0.239 e. The van der Waals surface area contributed by atoms with Gasteiger partial charge in [-0.15, -0.1) is 0 Å². The second kappa shape index (κ2) is 10.2. The van der Waals surface area contributed by atoms with Crippen molar-refractivity contribution < 1.29 is 9.59 Å². The topological polar surface area (TPSA) is 70.2 Å². The summed E-state index contributed by atoms with van der Waals surface area (Å²) in [6.07, 6.45) is 2.14. The summed E-state index contributed by atoms with van der Waals surface area (Å²) in [4.78, 5) is 23.9. The van der Waals surface area contributed by atoms with Gasteiger partial charge in [0, 0.05) is 17.8 Å². The summed E-state index contributed by atoms with van der Waals surface area (Å²) in [5, 5.41) is 9.01. The van der Waals surface area contributed by atoms with Gasteiger partial charge in [-0.2, -0.15) is 0 Å². The molecular formula is C21H27N3O2. The molecular weight excluding hydrogens is 326 g/mol. The van der Waals surface area contributed by atoms with Crippen molar-refractivity contribution in [1.29, 1.82) is 0 Å². The van der Waals surface area contributed by atoms with Gasteiger partial charge < -0.3 is 16.0 Å². The molecule has 0 aromatic heterocycles. The first-order valence-electron chi connectivity index (χ1n) is 9.10. The molecule has 0 spiro atoms. The van der Waals surface area contributed by atoms with Crippen LogP contribution in [-0.4, -0.2) is 18.4 Å². The minimum atomic E-state index is -0.0684. The number of hydrogen-bond donors (Lipinski definition) is 3. The van der Waals surface area contributed by atoms with Crippen LogP contribution >= 0.6 is 0 Å². The van der Waals surface area contributed by atoms with E-state index in [9.17, 15) is 9.59 Å². The van der Waals surface area contributed by atoms with Crippen LogP contribution in [0.15, 0.2) is 54.6 Å². The molecule has 1 unspecified atom stereocenters. The predicted molar refractivity (Wildman–Crippen MR) is 106 cm³/mol. The number of hydrogen-bond acceptors (Lipinski definition) is 3. The number of rotatable bonds is 9. The average Bonchev–Trinajstić information content (AvgIpc) is 2.65. The molecule has 2 aromatic carbocycles. The predicted octanol–water partition coefficient (Wildman–Crippen LogP) is 4.10. The third-order valence-electron chi connectivity index (χ3n) is 4.02. The van der Waals surface area contributed by atoms with E-state index in [1.165, 1.54) is 0 Å². The van der Waals surface area contributed by atoms with Crippen LogP contribution in [0.5, 0.6) is 0 Å². The van der Waals surface area contributed by atoms with E-state index in [0.29, 0.717) is 6.42 Å². The van der Waals surface area contributed by atoms with E-state index >= 15 is 0 Å². The second-order valence-corrected chi connectivity index (χ2v) is 6.17. The van der Waals surface area contributed by atoms with Gasteiger partial charge in [0.1, 0.15) is 0 Å². The van der Waals surface area contributed by atoms with E-state index in [-0.39, 0.29) is 24.4 Å². The zero-order valence-electron chi connectivity index (χ0n) is 15.4. The molecule has 5 heteroatoms. The molecule has 3 N–H and O–H groups in total. The normalized spacial score (nSPS) is 11.5. The molecule has 0 radical (unpaired) electrons. The van der Waals surface area contributed by atoms with Crippen LogP contribution in [0.25, 0.3) is 0 Å². The molecule has 0 aliphatic heterocycles. The van der Waals surface area contributed by atoms with E-state index in [1.807, 2.05) is 68.4 Å². The lowest BCUT2D eigenvalue weighted by molar-refractivity contribution is -0.120. The van der Waals surface area contributed by atoms with E-state index in [2.05, 4.69) is 16.0 Å². The van der Waals surface area contributed by atoms with E-state index < -0.39 is 0 Å². The van der Waals surface area contributed by atoms with Gasteiger partial charge in [0.2, 0.25) is 11.8 Å². The molecule has 0 aliphatic carbocycles. The molecule has 26 heavy (non-hydrogen) atoms. The van der Waals surface area contributed by atoms with Crippen molar-refractivity contribution in [3.63, 3.8) is 0 Å². The highest BCUT2D eigenvalue weighted by atomic mass is 16.2. The molecule has 2 aromatic rings. The molecule has 2 amide bonds. The van der Waals surface area contributed by atoms with Gasteiger partial charge in [0.05, 0.1) is 12.6 Å². The fourth-order valence-corrected chi connectivity index (χ4v) is 2.69. The van der Waals surface area contributed by atoms with Crippen LogP contribution in [0.1, 0.15) is 44.7 Å². The molecule has 0 bridgehead atoms. The Morgan fingerprint density at radius 2 is 1.65 bits per heavy atom. The van der Waals surface area contributed by atoms with Crippen LogP contribution in [0.4, 0.5) is 11.4 Å². The van der Waals surface area contributed by atoms with Crippen molar-refractivity contribution in [3.05, 3.63) is 60.2 Å². The van der Waals surface area contributed by atoms with Crippen molar-refractivity contribution in [1.82, 2.24) is 5.32 Å². The van der Waals surface area contributed by atoms with E-state index in [0.717, 1.165) is 29.8 Å². The van der Waals surface area contributed by atoms with Crippen molar-refractivity contribution in [3.8, 4) is 0 Å². The largest absolute Gasteiger partial charge is 0.376 e. The van der Waals surface area contributed by atoms with Crippen molar-refractivity contribution in [2.24, 2.45) is 0 Å². The van der Waals surface area contributed by atoms with Gasteiger partial charge in [-0.25, -0.2) is 0 Å². The van der Waals surface area contributed by atoms with Gasteiger partial charge in [-0.1, -0.05) is 50.2 Å². The molecule has 2 rings (SSSR count). The van der Waals surface area contributed by atoms with E-state index in [4.69, 9.17) is 0 Å². The highest BCUT2D eigenvalue weighted by Crippen LogP contribution is 2.17. The van der Waals surface area contributed by atoms with E-state index in [1.54, 1.807) is 0 Å². The first-order valence-corrected chi connectivity index (χ1v) is 9.10. The molecule has 0 heterocycles. The molecule has 5 nitrogen and oxygen atoms in total. The summed E-state index contributed by atoms with van der Waals surface area (Å²) in [7, 11) is 0. The van der Waals surface area contributed by atoms with Crippen LogP contribution < -0.4 is 16.0 Å².